The molecule has 2 rings (SSSR count). The lowest BCUT2D eigenvalue weighted by molar-refractivity contribution is -0.117. The summed E-state index contributed by atoms with van der Waals surface area (Å²) in [5, 5.41) is 2.87. The number of amides is 1. The number of carbonyl (C=O) groups excluding carboxylic acids is 1. The molecule has 3 N–H and O–H groups in total. The molecule has 0 aliphatic rings. The van der Waals surface area contributed by atoms with Crippen molar-refractivity contribution in [2.24, 2.45) is 0 Å². The van der Waals surface area contributed by atoms with Gasteiger partial charge in [0.15, 0.2) is 0 Å². The quantitative estimate of drug-likeness (QED) is 0.846. The van der Waals surface area contributed by atoms with E-state index in [1.165, 1.54) is 0 Å². The number of hydrogen-bond acceptors (Lipinski definition) is 2. The van der Waals surface area contributed by atoms with E-state index in [9.17, 15) is 4.79 Å². The van der Waals surface area contributed by atoms with Gasteiger partial charge in [-0.25, -0.2) is 0 Å². The van der Waals surface area contributed by atoms with Crippen LogP contribution in [0.15, 0.2) is 53.0 Å². The molecule has 2 aromatic rings. The van der Waals surface area contributed by atoms with E-state index in [0.717, 1.165) is 10.0 Å². The van der Waals surface area contributed by atoms with Gasteiger partial charge in [0.25, 0.3) is 0 Å². The Bertz CT molecular complexity index is 584. The zero-order chi connectivity index (χ0) is 13.8. The van der Waals surface area contributed by atoms with Crippen molar-refractivity contribution >= 4 is 33.2 Å². The molecule has 1 atom stereocenters. The maximum Gasteiger partial charge on any atom is 0.231 e. The van der Waals surface area contributed by atoms with Crippen molar-refractivity contribution in [1.82, 2.24) is 0 Å². The van der Waals surface area contributed by atoms with E-state index >= 15 is 0 Å². The second kappa shape index (κ2) is 5.89. The Morgan fingerprint density at radius 3 is 2.53 bits per heavy atom. The van der Waals surface area contributed by atoms with Gasteiger partial charge in [-0.3, -0.25) is 4.79 Å². The lowest BCUT2D eigenvalue weighted by Crippen LogP contribution is -2.18. The SMILES string of the molecule is CC(C(=O)Nc1ccc(Br)c(N)c1)c1ccccc1. The van der Waals surface area contributed by atoms with Crippen LogP contribution in [0.4, 0.5) is 11.4 Å². The van der Waals surface area contributed by atoms with Gasteiger partial charge in [0.1, 0.15) is 0 Å². The van der Waals surface area contributed by atoms with Crippen LogP contribution in [0.5, 0.6) is 0 Å². The average Bonchev–Trinajstić information content (AvgIpc) is 2.43. The van der Waals surface area contributed by atoms with Gasteiger partial charge in [0, 0.05) is 15.8 Å². The molecule has 1 unspecified atom stereocenters. The number of benzene rings is 2. The molecule has 0 spiro atoms. The van der Waals surface area contributed by atoms with Crippen LogP contribution in [0.2, 0.25) is 0 Å². The largest absolute Gasteiger partial charge is 0.398 e. The second-order valence-electron chi connectivity index (χ2n) is 4.36. The van der Waals surface area contributed by atoms with Gasteiger partial charge in [-0.1, -0.05) is 30.3 Å². The summed E-state index contributed by atoms with van der Waals surface area (Å²) < 4.78 is 0.821. The minimum Gasteiger partial charge on any atom is -0.398 e. The van der Waals surface area contributed by atoms with Crippen molar-refractivity contribution < 1.29 is 4.79 Å². The Balaban J connectivity index is 2.10. The fourth-order valence-corrected chi connectivity index (χ4v) is 2.01. The minimum atomic E-state index is -0.203. The Kier molecular flexibility index (Phi) is 4.22. The number of hydrogen-bond donors (Lipinski definition) is 2. The predicted molar refractivity (Wildman–Crippen MR) is 82.0 cm³/mol. The third-order valence-electron chi connectivity index (χ3n) is 2.96. The molecule has 1 amide bonds. The Morgan fingerprint density at radius 1 is 1.21 bits per heavy atom. The molecule has 98 valence electrons. The van der Waals surface area contributed by atoms with Crippen LogP contribution in [0.1, 0.15) is 18.4 Å². The van der Waals surface area contributed by atoms with Crippen LogP contribution < -0.4 is 11.1 Å². The van der Waals surface area contributed by atoms with Crippen molar-refractivity contribution in [1.29, 1.82) is 0 Å². The molecule has 19 heavy (non-hydrogen) atoms. The van der Waals surface area contributed by atoms with Crippen molar-refractivity contribution in [3.63, 3.8) is 0 Å². The highest BCUT2D eigenvalue weighted by Crippen LogP contribution is 2.24. The van der Waals surface area contributed by atoms with Crippen LogP contribution >= 0.6 is 15.9 Å². The number of nitrogens with one attached hydrogen (secondary N) is 1. The van der Waals surface area contributed by atoms with Gasteiger partial charge in [0.05, 0.1) is 5.92 Å². The molecule has 0 heterocycles. The minimum absolute atomic E-state index is 0.0482. The summed E-state index contributed by atoms with van der Waals surface area (Å²) in [6.45, 7) is 1.88. The van der Waals surface area contributed by atoms with Crippen molar-refractivity contribution in [2.75, 3.05) is 11.1 Å². The molecule has 0 radical (unpaired) electrons. The van der Waals surface area contributed by atoms with Gasteiger partial charge in [-0.2, -0.15) is 0 Å². The van der Waals surface area contributed by atoms with Crippen molar-refractivity contribution in [2.45, 2.75) is 12.8 Å². The van der Waals surface area contributed by atoms with Gasteiger partial charge in [-0.15, -0.1) is 0 Å². The average molecular weight is 319 g/mol. The molecule has 0 aliphatic carbocycles. The van der Waals surface area contributed by atoms with Gasteiger partial charge < -0.3 is 11.1 Å². The standard InChI is InChI=1S/C15H15BrN2O/c1-10(11-5-3-2-4-6-11)15(19)18-12-7-8-13(16)14(17)9-12/h2-10H,17H2,1H3,(H,18,19). The molecule has 0 bridgehead atoms. The van der Waals surface area contributed by atoms with E-state index in [4.69, 9.17) is 5.73 Å². The van der Waals surface area contributed by atoms with Crippen LogP contribution in [-0.2, 0) is 4.79 Å². The Morgan fingerprint density at radius 2 is 1.89 bits per heavy atom. The number of halogens is 1. The maximum absolute atomic E-state index is 12.1. The molecule has 0 saturated heterocycles. The van der Waals surface area contributed by atoms with Gasteiger partial charge >= 0.3 is 0 Å². The smallest absolute Gasteiger partial charge is 0.231 e. The van der Waals surface area contributed by atoms with Crippen LogP contribution in [0.3, 0.4) is 0 Å². The Labute approximate surface area is 121 Å². The molecule has 0 aromatic heterocycles. The number of carbonyl (C=O) groups is 1. The van der Waals surface area contributed by atoms with E-state index < -0.39 is 0 Å². The van der Waals surface area contributed by atoms with Crippen LogP contribution in [-0.4, -0.2) is 5.91 Å². The lowest BCUT2D eigenvalue weighted by Gasteiger charge is -2.13. The number of nitrogens with two attached hydrogens (primary N) is 1. The predicted octanol–water partition coefficient (Wildman–Crippen LogP) is 3.77. The highest BCUT2D eigenvalue weighted by molar-refractivity contribution is 9.10. The maximum atomic E-state index is 12.1. The molecular weight excluding hydrogens is 304 g/mol. The third kappa shape index (κ3) is 3.35. The molecule has 3 nitrogen and oxygen atoms in total. The number of anilines is 2. The fraction of sp³-hybridized carbons (Fsp3) is 0.133. The summed E-state index contributed by atoms with van der Waals surface area (Å²) in [7, 11) is 0. The third-order valence-corrected chi connectivity index (χ3v) is 3.68. The van der Waals surface area contributed by atoms with E-state index in [1.54, 1.807) is 6.07 Å². The van der Waals surface area contributed by atoms with Crippen LogP contribution in [0, 0.1) is 0 Å². The van der Waals surface area contributed by atoms with E-state index in [1.807, 2.05) is 49.4 Å². The summed E-state index contributed by atoms with van der Waals surface area (Å²) in [6.07, 6.45) is 0. The lowest BCUT2D eigenvalue weighted by atomic mass is 10.0. The zero-order valence-corrected chi connectivity index (χ0v) is 12.1. The molecule has 4 heteroatoms. The highest BCUT2D eigenvalue weighted by atomic mass is 79.9. The topological polar surface area (TPSA) is 55.1 Å². The van der Waals surface area contributed by atoms with E-state index in [0.29, 0.717) is 11.4 Å². The van der Waals surface area contributed by atoms with E-state index in [-0.39, 0.29) is 11.8 Å². The van der Waals surface area contributed by atoms with Crippen LogP contribution in [0.25, 0.3) is 0 Å². The Hall–Kier alpha value is -1.81. The fourth-order valence-electron chi connectivity index (χ4n) is 1.77. The zero-order valence-electron chi connectivity index (χ0n) is 10.6. The monoisotopic (exact) mass is 318 g/mol. The van der Waals surface area contributed by atoms with Crippen molar-refractivity contribution in [3.8, 4) is 0 Å². The molecule has 0 fully saturated rings. The first kappa shape index (κ1) is 13.6. The first-order valence-electron chi connectivity index (χ1n) is 5.99. The summed E-state index contributed by atoms with van der Waals surface area (Å²) in [5.74, 6) is -0.251. The summed E-state index contributed by atoms with van der Waals surface area (Å²) in [6, 6.07) is 15.0. The normalized spacial score (nSPS) is 11.9. The molecule has 2 aromatic carbocycles. The summed E-state index contributed by atoms with van der Waals surface area (Å²) >= 11 is 3.32. The molecule has 0 aliphatic heterocycles. The number of rotatable bonds is 3. The van der Waals surface area contributed by atoms with Gasteiger partial charge in [-0.05, 0) is 46.6 Å². The first-order valence-corrected chi connectivity index (χ1v) is 6.78. The van der Waals surface area contributed by atoms with E-state index in [2.05, 4.69) is 21.2 Å². The molecule has 0 saturated carbocycles. The summed E-state index contributed by atoms with van der Waals surface area (Å²) in [4.78, 5) is 12.1. The first-order chi connectivity index (χ1) is 9.08. The summed E-state index contributed by atoms with van der Waals surface area (Å²) in [5.41, 5.74) is 8.08. The number of nitrogen functional groups attached to an aromatic ring is 1. The second-order valence-corrected chi connectivity index (χ2v) is 5.21. The van der Waals surface area contributed by atoms with Gasteiger partial charge in [0.2, 0.25) is 5.91 Å². The van der Waals surface area contributed by atoms with Crippen molar-refractivity contribution in [3.05, 3.63) is 58.6 Å². The molecular formula is C15H15BrN2O. The highest BCUT2D eigenvalue weighted by Gasteiger charge is 2.15.